The Labute approximate surface area is 91.1 Å². The van der Waals surface area contributed by atoms with Crippen LogP contribution in [0.25, 0.3) is 10.4 Å². The first-order valence-corrected chi connectivity index (χ1v) is 4.23. The predicted molar refractivity (Wildman–Crippen MR) is 56.4 cm³/mol. The summed E-state index contributed by atoms with van der Waals surface area (Å²) < 4.78 is 4.47. The molecule has 0 bridgehead atoms. The van der Waals surface area contributed by atoms with Gasteiger partial charge in [-0.1, -0.05) is 11.2 Å². The largest absolute Gasteiger partial charge is 0.488 e. The first-order chi connectivity index (χ1) is 7.60. The second kappa shape index (κ2) is 5.17. The summed E-state index contributed by atoms with van der Waals surface area (Å²) in [4.78, 5) is 13.7. The zero-order valence-corrected chi connectivity index (χ0v) is 8.36. The van der Waals surface area contributed by atoms with E-state index in [1.54, 1.807) is 0 Å². The van der Waals surface area contributed by atoms with Gasteiger partial charge in [0.25, 0.3) is 0 Å². The molecule has 0 aliphatic carbocycles. The summed E-state index contributed by atoms with van der Waals surface area (Å²) in [7, 11) is -0.558. The Hall–Kier alpha value is -2.02. The molecule has 1 aromatic carbocycles. The molecule has 0 saturated heterocycles. The number of esters is 1. The van der Waals surface area contributed by atoms with Crippen LogP contribution in [0.2, 0.25) is 0 Å². The Bertz CT molecular complexity index is 457. The Morgan fingerprint density at radius 3 is 2.75 bits per heavy atom. The Morgan fingerprint density at radius 2 is 2.25 bits per heavy atom. The molecule has 0 aliphatic heterocycles. The van der Waals surface area contributed by atoms with Gasteiger partial charge in [-0.3, -0.25) is 0 Å². The van der Waals surface area contributed by atoms with E-state index in [2.05, 4.69) is 14.8 Å². The predicted octanol–water partition coefficient (Wildman–Crippen LogP) is 0.0948. The molecule has 0 saturated carbocycles. The van der Waals surface area contributed by atoms with Crippen molar-refractivity contribution in [1.82, 2.24) is 0 Å². The van der Waals surface area contributed by atoms with Crippen molar-refractivity contribution in [1.29, 1.82) is 0 Å². The molecule has 7 nitrogen and oxygen atoms in total. The summed E-state index contributed by atoms with van der Waals surface area (Å²) in [6, 6.07) is 3.85. The maximum absolute atomic E-state index is 11.2. The molecule has 1 rings (SSSR count). The lowest BCUT2D eigenvalue weighted by atomic mass is 9.78. The van der Waals surface area contributed by atoms with E-state index in [0.29, 0.717) is 0 Å². The fraction of sp³-hybridized carbons (Fsp3) is 0.125. The van der Waals surface area contributed by atoms with Crippen LogP contribution >= 0.6 is 0 Å². The highest BCUT2D eigenvalue weighted by atomic mass is 16.5. The fourth-order valence-electron chi connectivity index (χ4n) is 1.14. The molecule has 1 aromatic rings. The fourth-order valence-corrected chi connectivity index (χ4v) is 1.14. The number of benzene rings is 1. The van der Waals surface area contributed by atoms with Crippen LogP contribution in [0.5, 0.6) is 0 Å². The molecule has 82 valence electrons. The minimum Gasteiger partial charge on any atom is -0.465 e. The highest BCUT2D eigenvalue weighted by molar-refractivity contribution is 6.60. The lowest BCUT2D eigenvalue weighted by Crippen LogP contribution is -2.30. The van der Waals surface area contributed by atoms with Crippen LogP contribution in [0.4, 0.5) is 5.69 Å². The van der Waals surface area contributed by atoms with E-state index in [0.717, 1.165) is 0 Å². The van der Waals surface area contributed by atoms with E-state index < -0.39 is 13.1 Å². The second-order valence-electron chi connectivity index (χ2n) is 2.83. The molecular formula is C8H8BN3O4. The van der Waals surface area contributed by atoms with Gasteiger partial charge < -0.3 is 14.8 Å². The lowest BCUT2D eigenvalue weighted by Gasteiger charge is -2.05. The summed E-state index contributed by atoms with van der Waals surface area (Å²) in [6.07, 6.45) is 0. The summed E-state index contributed by atoms with van der Waals surface area (Å²) in [6.45, 7) is 0. The number of azide groups is 1. The first kappa shape index (κ1) is 12.1. The average Bonchev–Trinajstić information content (AvgIpc) is 2.28. The zero-order chi connectivity index (χ0) is 12.1. The Balaban J connectivity index is 3.27. The van der Waals surface area contributed by atoms with E-state index >= 15 is 0 Å². The summed E-state index contributed by atoms with van der Waals surface area (Å²) in [5.41, 5.74) is 8.44. The van der Waals surface area contributed by atoms with Crippen molar-refractivity contribution in [2.24, 2.45) is 5.11 Å². The van der Waals surface area contributed by atoms with Gasteiger partial charge in [0.2, 0.25) is 0 Å². The number of methoxy groups -OCH3 is 1. The van der Waals surface area contributed by atoms with E-state index in [-0.39, 0.29) is 16.7 Å². The van der Waals surface area contributed by atoms with Crippen LogP contribution in [0.15, 0.2) is 23.3 Å². The van der Waals surface area contributed by atoms with Gasteiger partial charge >= 0.3 is 13.1 Å². The van der Waals surface area contributed by atoms with E-state index in [1.807, 2.05) is 0 Å². The molecule has 0 amide bonds. The number of carbonyl (C=O) groups excluding carboxylic acids is 1. The molecule has 0 unspecified atom stereocenters. The third-order valence-electron chi connectivity index (χ3n) is 1.88. The SMILES string of the molecule is COC(=O)c1ccc(B(O)O)c(N=[N+]=[N-])c1. The first-order valence-electron chi connectivity index (χ1n) is 4.23. The summed E-state index contributed by atoms with van der Waals surface area (Å²) in [5.74, 6) is -0.603. The molecule has 0 heterocycles. The van der Waals surface area contributed by atoms with Gasteiger partial charge in [-0.25, -0.2) is 4.79 Å². The maximum Gasteiger partial charge on any atom is 0.488 e. The molecule has 2 N–H and O–H groups in total. The molecule has 8 heteroatoms. The van der Waals surface area contributed by atoms with Crippen LogP contribution in [0, 0.1) is 0 Å². The maximum atomic E-state index is 11.2. The second-order valence-corrected chi connectivity index (χ2v) is 2.83. The van der Waals surface area contributed by atoms with E-state index in [9.17, 15) is 4.79 Å². The van der Waals surface area contributed by atoms with Gasteiger partial charge in [-0.15, -0.1) is 0 Å². The zero-order valence-electron chi connectivity index (χ0n) is 8.36. The van der Waals surface area contributed by atoms with Crippen LogP contribution in [0.3, 0.4) is 0 Å². The Kier molecular flexibility index (Phi) is 3.90. The summed E-state index contributed by atoms with van der Waals surface area (Å²) >= 11 is 0. The quantitative estimate of drug-likeness (QED) is 0.247. The average molecular weight is 221 g/mol. The van der Waals surface area contributed by atoms with Crippen molar-refractivity contribution in [2.75, 3.05) is 7.11 Å². The minimum absolute atomic E-state index is 0.0189. The number of ether oxygens (including phenoxy) is 1. The monoisotopic (exact) mass is 221 g/mol. The Morgan fingerprint density at radius 1 is 1.56 bits per heavy atom. The summed E-state index contributed by atoms with van der Waals surface area (Å²) in [5, 5.41) is 21.2. The lowest BCUT2D eigenvalue weighted by molar-refractivity contribution is 0.0601. The van der Waals surface area contributed by atoms with Gasteiger partial charge in [-0.05, 0) is 23.1 Å². The normalized spacial score (nSPS) is 9.19. The molecule has 0 radical (unpaired) electrons. The molecular weight excluding hydrogens is 213 g/mol. The molecule has 0 spiro atoms. The molecule has 0 fully saturated rings. The number of hydrogen-bond acceptors (Lipinski definition) is 5. The topological polar surface area (TPSA) is 116 Å². The van der Waals surface area contributed by atoms with Crippen molar-refractivity contribution in [2.45, 2.75) is 0 Å². The number of hydrogen-bond donors (Lipinski definition) is 2. The molecule has 0 atom stereocenters. The molecule has 0 aromatic heterocycles. The van der Waals surface area contributed by atoms with Gasteiger partial charge in [-0.2, -0.15) is 0 Å². The number of rotatable bonds is 3. The number of nitrogens with zero attached hydrogens (tertiary/aromatic N) is 3. The minimum atomic E-state index is -1.77. The highest BCUT2D eigenvalue weighted by Crippen LogP contribution is 2.13. The van der Waals surface area contributed by atoms with Crippen LogP contribution in [-0.2, 0) is 4.74 Å². The number of carbonyl (C=O) groups is 1. The van der Waals surface area contributed by atoms with Gasteiger partial charge in [0.05, 0.1) is 12.7 Å². The van der Waals surface area contributed by atoms with E-state index in [1.165, 1.54) is 25.3 Å². The van der Waals surface area contributed by atoms with Crippen LogP contribution in [-0.4, -0.2) is 30.2 Å². The molecule has 0 aliphatic rings. The van der Waals surface area contributed by atoms with Gasteiger partial charge in [0.1, 0.15) is 0 Å². The van der Waals surface area contributed by atoms with Crippen molar-refractivity contribution < 1.29 is 19.6 Å². The van der Waals surface area contributed by atoms with Crippen LogP contribution < -0.4 is 5.46 Å². The van der Waals surface area contributed by atoms with E-state index in [4.69, 9.17) is 15.6 Å². The standard InChI is InChI=1S/C8H8BN3O4/c1-16-8(13)5-2-3-6(9(14)15)7(4-5)11-12-10/h2-4,14-15H,1H3. The van der Waals surface area contributed by atoms with Gasteiger partial charge in [0.15, 0.2) is 0 Å². The molecule has 16 heavy (non-hydrogen) atoms. The smallest absolute Gasteiger partial charge is 0.465 e. The van der Waals surface area contributed by atoms with Gasteiger partial charge in [0, 0.05) is 10.6 Å². The van der Waals surface area contributed by atoms with Crippen molar-refractivity contribution in [3.63, 3.8) is 0 Å². The third kappa shape index (κ3) is 2.51. The highest BCUT2D eigenvalue weighted by Gasteiger charge is 2.17. The van der Waals surface area contributed by atoms with Crippen molar-refractivity contribution in [3.8, 4) is 0 Å². The van der Waals surface area contributed by atoms with Crippen LogP contribution in [0.1, 0.15) is 10.4 Å². The third-order valence-corrected chi connectivity index (χ3v) is 1.88. The van der Waals surface area contributed by atoms with Crippen molar-refractivity contribution in [3.05, 3.63) is 34.2 Å². The van der Waals surface area contributed by atoms with Crippen molar-refractivity contribution >= 4 is 24.2 Å².